The molecule has 1 aromatic rings. The van der Waals surface area contributed by atoms with Crippen molar-refractivity contribution in [1.82, 2.24) is 0 Å². The molecule has 0 aliphatic carbocycles. The van der Waals surface area contributed by atoms with Gasteiger partial charge in [-0.25, -0.2) is 0 Å². The first-order valence-corrected chi connectivity index (χ1v) is 5.96. The van der Waals surface area contributed by atoms with E-state index in [0.717, 1.165) is 4.40 Å². The first-order chi connectivity index (χ1) is 4.63. The molecule has 0 saturated carbocycles. The van der Waals surface area contributed by atoms with Crippen molar-refractivity contribution >= 4 is 55.7 Å². The monoisotopic (exact) mass is 256 g/mol. The average molecular weight is 256 g/mol. The second-order valence-electron chi connectivity index (χ2n) is 1.99. The first-order valence-electron chi connectivity index (χ1n) is 2.73. The van der Waals surface area contributed by atoms with E-state index < -0.39 is 0 Å². The molecule has 0 spiro atoms. The van der Waals surface area contributed by atoms with Crippen LogP contribution in [0.3, 0.4) is 0 Å². The predicted octanol–water partition coefficient (Wildman–Crippen LogP) is 1.64. The fourth-order valence-electron chi connectivity index (χ4n) is 0.622. The van der Waals surface area contributed by atoms with Gasteiger partial charge >= 0.3 is 82.9 Å². The zero-order valence-corrected chi connectivity index (χ0v) is 11.8. The zero-order chi connectivity index (χ0) is 7.72. The van der Waals surface area contributed by atoms with E-state index in [1.807, 2.05) is 6.07 Å². The van der Waals surface area contributed by atoms with Gasteiger partial charge in [-0.2, -0.15) is 0 Å². The van der Waals surface area contributed by atoms with Gasteiger partial charge in [0, 0.05) is 0 Å². The molecule has 0 N–H and O–H groups in total. The minimum atomic E-state index is 0.481. The van der Waals surface area contributed by atoms with Gasteiger partial charge in [-0.3, -0.25) is 0 Å². The van der Waals surface area contributed by atoms with Crippen LogP contribution in [0.4, 0.5) is 0 Å². The van der Waals surface area contributed by atoms with Crippen molar-refractivity contribution in [2.75, 3.05) is 0 Å². The van der Waals surface area contributed by atoms with Crippen LogP contribution in [0.5, 0.6) is 0 Å². The molecule has 0 unspecified atom stereocenters. The van der Waals surface area contributed by atoms with Crippen LogP contribution in [0.15, 0.2) is 12.1 Å². The third-order valence-electron chi connectivity index (χ3n) is 1.23. The van der Waals surface area contributed by atoms with E-state index in [2.05, 4.69) is 0 Å². The van der Waals surface area contributed by atoms with Gasteiger partial charge in [-0.05, 0) is 0 Å². The summed E-state index contributed by atoms with van der Waals surface area (Å²) in [6, 6.07) is 3.69. The van der Waals surface area contributed by atoms with Crippen molar-refractivity contribution in [3.8, 4) is 0 Å². The summed E-state index contributed by atoms with van der Waals surface area (Å²) in [5, 5.41) is 1.63. The summed E-state index contributed by atoms with van der Waals surface area (Å²) in [4.78, 5) is 0. The molecule has 0 nitrogen and oxygen atoms in total. The molecule has 0 atom stereocenters. The standard InChI is InChI=1S/C6H5Cl3Ge/c7-3-1-2-4(10)6(9)5(3)8/h1-2H,10H3. The molecule has 1 rings (SSSR count). The van der Waals surface area contributed by atoms with Crippen LogP contribution < -0.4 is 4.40 Å². The molecular weight excluding hydrogens is 251 g/mol. The molecule has 10 heavy (non-hydrogen) atoms. The molecule has 1 aromatic carbocycles. The molecule has 0 aromatic heterocycles. The van der Waals surface area contributed by atoms with Gasteiger partial charge in [-0.15, -0.1) is 0 Å². The van der Waals surface area contributed by atoms with Crippen molar-refractivity contribution in [3.05, 3.63) is 27.2 Å². The van der Waals surface area contributed by atoms with Gasteiger partial charge in [0.25, 0.3) is 0 Å². The molecule has 4 heteroatoms. The van der Waals surface area contributed by atoms with Gasteiger partial charge in [0.05, 0.1) is 0 Å². The zero-order valence-electron chi connectivity index (χ0n) is 5.29. The molecule has 0 aliphatic heterocycles. The van der Waals surface area contributed by atoms with E-state index in [-0.39, 0.29) is 0 Å². The Kier molecular flexibility index (Phi) is 2.93. The minimum absolute atomic E-state index is 0.481. The van der Waals surface area contributed by atoms with Crippen LogP contribution in [0.1, 0.15) is 0 Å². The normalized spacial score (nSPS) is 10.3. The van der Waals surface area contributed by atoms with Crippen LogP contribution >= 0.6 is 34.8 Å². The Morgan fingerprint density at radius 1 is 1.00 bits per heavy atom. The Bertz CT molecular complexity index is 232. The van der Waals surface area contributed by atoms with E-state index in [1.54, 1.807) is 6.07 Å². The summed E-state index contributed by atoms with van der Waals surface area (Å²) in [6.07, 6.45) is 0. The van der Waals surface area contributed by atoms with Gasteiger partial charge in [0.2, 0.25) is 0 Å². The number of benzene rings is 1. The SMILES string of the molecule is Clc1cc[c]([GeH3])c(Cl)c1Cl. The first kappa shape index (κ1) is 8.73. The van der Waals surface area contributed by atoms with Crippen molar-refractivity contribution in [2.45, 2.75) is 0 Å². The third-order valence-corrected chi connectivity index (χ3v) is 5.03. The fraction of sp³-hybridized carbons (Fsp3) is 0. The molecule has 0 aliphatic rings. The molecule has 0 bridgehead atoms. The van der Waals surface area contributed by atoms with Crippen LogP contribution in [-0.2, 0) is 0 Å². The summed E-state index contributed by atoms with van der Waals surface area (Å²) in [5.41, 5.74) is 0. The molecule has 54 valence electrons. The maximum atomic E-state index is 5.81. The molecule has 0 amide bonds. The average Bonchev–Trinajstić information content (AvgIpc) is 1.93. The molecule has 0 fully saturated rings. The number of hydrogen-bond acceptors (Lipinski definition) is 0. The van der Waals surface area contributed by atoms with Crippen molar-refractivity contribution in [2.24, 2.45) is 0 Å². The van der Waals surface area contributed by atoms with E-state index in [0.29, 0.717) is 31.6 Å². The Morgan fingerprint density at radius 3 is 2.10 bits per heavy atom. The van der Waals surface area contributed by atoms with E-state index in [1.165, 1.54) is 0 Å². The number of halogens is 3. The Morgan fingerprint density at radius 2 is 1.60 bits per heavy atom. The van der Waals surface area contributed by atoms with Gasteiger partial charge in [0.15, 0.2) is 0 Å². The Hall–Kier alpha value is 0.633. The molecule has 0 saturated heterocycles. The predicted molar refractivity (Wildman–Crippen MR) is 51.0 cm³/mol. The Labute approximate surface area is 82.7 Å². The molecule has 0 radical (unpaired) electrons. The fourth-order valence-corrected chi connectivity index (χ4v) is 2.41. The van der Waals surface area contributed by atoms with Crippen LogP contribution in [0.2, 0.25) is 15.1 Å². The van der Waals surface area contributed by atoms with E-state index in [9.17, 15) is 0 Å². The third kappa shape index (κ3) is 1.62. The summed E-state index contributed by atoms with van der Waals surface area (Å²) >= 11 is 17.8. The molecular formula is C6H5Cl3Ge. The maximum absolute atomic E-state index is 5.81. The number of rotatable bonds is 0. The van der Waals surface area contributed by atoms with Crippen LogP contribution in [-0.4, -0.2) is 16.5 Å². The van der Waals surface area contributed by atoms with Crippen molar-refractivity contribution in [1.29, 1.82) is 0 Å². The summed E-state index contributed by atoms with van der Waals surface area (Å²) in [5.74, 6) is 0. The molecule has 0 heterocycles. The second-order valence-corrected chi connectivity index (χ2v) is 5.42. The second kappa shape index (κ2) is 3.35. The number of hydrogen-bond donors (Lipinski definition) is 0. The summed E-state index contributed by atoms with van der Waals surface area (Å²) < 4.78 is 1.13. The van der Waals surface area contributed by atoms with E-state index >= 15 is 0 Å². The van der Waals surface area contributed by atoms with Crippen LogP contribution in [0.25, 0.3) is 0 Å². The summed E-state index contributed by atoms with van der Waals surface area (Å²) in [6.45, 7) is 0. The van der Waals surface area contributed by atoms with E-state index in [4.69, 9.17) is 34.8 Å². The van der Waals surface area contributed by atoms with Gasteiger partial charge in [0.1, 0.15) is 0 Å². The van der Waals surface area contributed by atoms with Crippen molar-refractivity contribution < 1.29 is 0 Å². The van der Waals surface area contributed by atoms with Crippen LogP contribution in [0, 0.1) is 0 Å². The summed E-state index contributed by atoms with van der Waals surface area (Å²) in [7, 11) is 0. The topological polar surface area (TPSA) is 0 Å². The van der Waals surface area contributed by atoms with Crippen molar-refractivity contribution in [3.63, 3.8) is 0 Å². The Balaban J connectivity index is 3.34. The van der Waals surface area contributed by atoms with Gasteiger partial charge in [-0.1, -0.05) is 0 Å². The quantitative estimate of drug-likeness (QED) is 0.489. The van der Waals surface area contributed by atoms with Gasteiger partial charge < -0.3 is 0 Å².